The predicted molar refractivity (Wildman–Crippen MR) is 81.9 cm³/mol. The van der Waals surface area contributed by atoms with Crippen molar-refractivity contribution in [3.05, 3.63) is 40.9 Å². The van der Waals surface area contributed by atoms with Gasteiger partial charge in [0.25, 0.3) is 0 Å². The smallest absolute Gasteiger partial charge is 0.150 e. The molecule has 0 unspecified atom stereocenters. The minimum Gasteiger partial charge on any atom is -0.496 e. The van der Waals surface area contributed by atoms with Crippen molar-refractivity contribution in [3.8, 4) is 28.4 Å². The zero-order valence-electron chi connectivity index (χ0n) is 12.0. The van der Waals surface area contributed by atoms with E-state index in [1.165, 1.54) is 0 Å². The Morgan fingerprint density at radius 2 is 1.57 bits per heavy atom. The van der Waals surface area contributed by atoms with E-state index < -0.39 is 0 Å². The molecule has 2 aromatic rings. The van der Waals surface area contributed by atoms with E-state index in [0.29, 0.717) is 39.0 Å². The average molecular weight is 307 g/mol. The fourth-order valence-electron chi connectivity index (χ4n) is 2.12. The van der Waals surface area contributed by atoms with Crippen molar-refractivity contribution in [2.45, 2.75) is 0 Å². The summed E-state index contributed by atoms with van der Waals surface area (Å²) in [5, 5.41) is 0.524. The van der Waals surface area contributed by atoms with Gasteiger partial charge in [0.05, 0.1) is 26.9 Å². The Kier molecular flexibility index (Phi) is 4.70. The van der Waals surface area contributed by atoms with E-state index in [1.54, 1.807) is 51.7 Å². The third kappa shape index (κ3) is 2.95. The number of hydrogen-bond donors (Lipinski definition) is 0. The molecule has 0 saturated heterocycles. The highest BCUT2D eigenvalue weighted by Crippen LogP contribution is 2.43. The number of hydrogen-bond acceptors (Lipinski definition) is 4. The summed E-state index contributed by atoms with van der Waals surface area (Å²) in [7, 11) is 4.65. The first-order chi connectivity index (χ1) is 10.1. The third-order valence-corrected chi connectivity index (χ3v) is 3.36. The van der Waals surface area contributed by atoms with Crippen molar-refractivity contribution in [3.63, 3.8) is 0 Å². The Morgan fingerprint density at radius 1 is 0.952 bits per heavy atom. The first-order valence-corrected chi connectivity index (χ1v) is 6.57. The largest absolute Gasteiger partial charge is 0.496 e. The lowest BCUT2D eigenvalue weighted by Gasteiger charge is -2.16. The standard InChI is InChI=1S/C16H15ClO4/c1-19-12-7-14(20-2)16(15(8-12)21-3)13-6-11(17)5-4-10(13)9-18/h4-9H,1-3H3. The Bertz CT molecular complexity index is 642. The summed E-state index contributed by atoms with van der Waals surface area (Å²) >= 11 is 6.05. The second kappa shape index (κ2) is 6.50. The van der Waals surface area contributed by atoms with Crippen LogP contribution in [0.4, 0.5) is 0 Å². The van der Waals surface area contributed by atoms with Crippen LogP contribution in [0.2, 0.25) is 5.02 Å². The van der Waals surface area contributed by atoms with Gasteiger partial charge in [-0.05, 0) is 18.2 Å². The Labute approximate surface area is 128 Å². The lowest BCUT2D eigenvalue weighted by atomic mass is 9.98. The number of ether oxygens (including phenoxy) is 3. The number of rotatable bonds is 5. The third-order valence-electron chi connectivity index (χ3n) is 3.13. The molecule has 0 aliphatic heterocycles. The Morgan fingerprint density at radius 3 is 2.05 bits per heavy atom. The van der Waals surface area contributed by atoms with Gasteiger partial charge >= 0.3 is 0 Å². The molecule has 0 aliphatic carbocycles. The average Bonchev–Trinajstić information content (AvgIpc) is 2.53. The molecule has 0 atom stereocenters. The molecule has 0 aliphatic rings. The van der Waals surface area contributed by atoms with E-state index in [0.717, 1.165) is 6.29 Å². The normalized spacial score (nSPS) is 10.1. The molecular weight excluding hydrogens is 292 g/mol. The van der Waals surface area contributed by atoms with Gasteiger partial charge in [0.2, 0.25) is 0 Å². The number of carbonyl (C=O) groups is 1. The second-order valence-electron chi connectivity index (χ2n) is 4.26. The van der Waals surface area contributed by atoms with E-state index in [-0.39, 0.29) is 0 Å². The summed E-state index contributed by atoms with van der Waals surface area (Å²) in [5.74, 6) is 1.68. The van der Waals surface area contributed by atoms with Crippen LogP contribution in [0.5, 0.6) is 17.2 Å². The quantitative estimate of drug-likeness (QED) is 0.787. The second-order valence-corrected chi connectivity index (χ2v) is 4.69. The molecule has 0 bridgehead atoms. The molecule has 0 radical (unpaired) electrons. The van der Waals surface area contributed by atoms with E-state index in [1.807, 2.05) is 0 Å². The molecular formula is C16H15ClO4. The van der Waals surface area contributed by atoms with Crippen LogP contribution in [0.25, 0.3) is 11.1 Å². The summed E-state index contributed by atoms with van der Waals surface area (Å²) in [6.45, 7) is 0. The van der Waals surface area contributed by atoms with Gasteiger partial charge in [0, 0.05) is 28.3 Å². The van der Waals surface area contributed by atoms with Crippen molar-refractivity contribution >= 4 is 17.9 Å². The summed E-state index contributed by atoms with van der Waals surface area (Å²) in [5.41, 5.74) is 1.81. The van der Waals surface area contributed by atoms with Gasteiger partial charge in [0.15, 0.2) is 6.29 Å². The Balaban J connectivity index is 2.78. The lowest BCUT2D eigenvalue weighted by molar-refractivity contribution is 0.112. The number of carbonyl (C=O) groups excluding carboxylic acids is 1. The van der Waals surface area contributed by atoms with Gasteiger partial charge < -0.3 is 14.2 Å². The number of halogens is 1. The maximum absolute atomic E-state index is 11.3. The van der Waals surface area contributed by atoms with Gasteiger partial charge in [0.1, 0.15) is 17.2 Å². The fraction of sp³-hybridized carbons (Fsp3) is 0.188. The highest BCUT2D eigenvalue weighted by Gasteiger charge is 2.18. The topological polar surface area (TPSA) is 44.8 Å². The summed E-state index contributed by atoms with van der Waals surface area (Å²) in [6.07, 6.45) is 0.773. The molecule has 2 rings (SSSR count). The predicted octanol–water partition coefficient (Wildman–Crippen LogP) is 3.85. The van der Waals surface area contributed by atoms with Gasteiger partial charge in [-0.1, -0.05) is 11.6 Å². The molecule has 0 fully saturated rings. The van der Waals surface area contributed by atoms with E-state index in [9.17, 15) is 4.79 Å². The molecule has 21 heavy (non-hydrogen) atoms. The van der Waals surface area contributed by atoms with Crippen molar-refractivity contribution in [2.75, 3.05) is 21.3 Å². The van der Waals surface area contributed by atoms with Crippen LogP contribution >= 0.6 is 11.6 Å². The summed E-state index contributed by atoms with van der Waals surface area (Å²) in [4.78, 5) is 11.3. The fourth-order valence-corrected chi connectivity index (χ4v) is 2.29. The molecule has 5 heteroatoms. The molecule has 0 heterocycles. The van der Waals surface area contributed by atoms with Crippen molar-refractivity contribution in [1.29, 1.82) is 0 Å². The highest BCUT2D eigenvalue weighted by atomic mass is 35.5. The van der Waals surface area contributed by atoms with Crippen LogP contribution in [0.15, 0.2) is 30.3 Å². The van der Waals surface area contributed by atoms with Crippen molar-refractivity contribution in [2.24, 2.45) is 0 Å². The minimum atomic E-state index is 0.501. The number of benzene rings is 2. The summed E-state index contributed by atoms with van der Waals surface area (Å²) in [6, 6.07) is 8.49. The van der Waals surface area contributed by atoms with Gasteiger partial charge in [-0.2, -0.15) is 0 Å². The van der Waals surface area contributed by atoms with E-state index >= 15 is 0 Å². The maximum atomic E-state index is 11.3. The SMILES string of the molecule is COc1cc(OC)c(-c2cc(Cl)ccc2C=O)c(OC)c1. The van der Waals surface area contributed by atoms with Gasteiger partial charge in [-0.25, -0.2) is 0 Å². The number of aldehydes is 1. The molecule has 0 aromatic heterocycles. The van der Waals surface area contributed by atoms with Crippen LogP contribution in [0, 0.1) is 0 Å². The molecule has 0 spiro atoms. The maximum Gasteiger partial charge on any atom is 0.150 e. The van der Waals surface area contributed by atoms with Crippen LogP contribution in [-0.4, -0.2) is 27.6 Å². The van der Waals surface area contributed by atoms with E-state index in [2.05, 4.69) is 0 Å². The van der Waals surface area contributed by atoms with Crippen LogP contribution in [0.1, 0.15) is 10.4 Å². The van der Waals surface area contributed by atoms with Crippen LogP contribution in [-0.2, 0) is 0 Å². The first-order valence-electron chi connectivity index (χ1n) is 6.19. The van der Waals surface area contributed by atoms with Gasteiger partial charge in [-0.3, -0.25) is 4.79 Å². The van der Waals surface area contributed by atoms with Crippen LogP contribution in [0.3, 0.4) is 0 Å². The van der Waals surface area contributed by atoms with E-state index in [4.69, 9.17) is 25.8 Å². The summed E-state index contributed by atoms with van der Waals surface area (Å²) < 4.78 is 16.0. The molecule has 0 N–H and O–H groups in total. The highest BCUT2D eigenvalue weighted by molar-refractivity contribution is 6.31. The number of methoxy groups -OCH3 is 3. The molecule has 0 amide bonds. The Hall–Kier alpha value is -2.20. The lowest BCUT2D eigenvalue weighted by Crippen LogP contribution is -1.97. The molecule has 2 aromatic carbocycles. The zero-order valence-corrected chi connectivity index (χ0v) is 12.7. The molecule has 4 nitrogen and oxygen atoms in total. The van der Waals surface area contributed by atoms with Crippen molar-refractivity contribution < 1.29 is 19.0 Å². The monoisotopic (exact) mass is 306 g/mol. The van der Waals surface area contributed by atoms with Crippen LogP contribution < -0.4 is 14.2 Å². The van der Waals surface area contributed by atoms with Crippen molar-refractivity contribution in [1.82, 2.24) is 0 Å². The van der Waals surface area contributed by atoms with Gasteiger partial charge in [-0.15, -0.1) is 0 Å². The minimum absolute atomic E-state index is 0.501. The molecule has 0 saturated carbocycles. The zero-order chi connectivity index (χ0) is 15.4. The first kappa shape index (κ1) is 15.2. The molecule has 110 valence electrons.